The highest BCUT2D eigenvalue weighted by Crippen LogP contribution is 2.23. The van der Waals surface area contributed by atoms with Crippen molar-refractivity contribution in [2.24, 2.45) is 5.73 Å². The number of rotatable bonds is 9. The Bertz CT molecular complexity index is 888. The van der Waals surface area contributed by atoms with E-state index in [0.29, 0.717) is 34.6 Å². The molecule has 0 bridgehead atoms. The summed E-state index contributed by atoms with van der Waals surface area (Å²) in [5, 5.41) is 12.4. The molecule has 0 heterocycles. The van der Waals surface area contributed by atoms with Crippen LogP contribution in [-0.4, -0.2) is 47.5 Å². The van der Waals surface area contributed by atoms with E-state index in [9.17, 15) is 14.1 Å². The molecule has 0 spiro atoms. The molecule has 0 aliphatic heterocycles. The molecular formula is C19H24ClN5O4S. The third-order valence-corrected chi connectivity index (χ3v) is 4.93. The van der Waals surface area contributed by atoms with Gasteiger partial charge in [-0.2, -0.15) is 0 Å². The van der Waals surface area contributed by atoms with Crippen molar-refractivity contribution in [1.82, 2.24) is 15.4 Å². The minimum atomic E-state index is -1.27. The fourth-order valence-electron chi connectivity index (χ4n) is 2.65. The van der Waals surface area contributed by atoms with Gasteiger partial charge in [-0.1, -0.05) is 18.2 Å². The SMILES string of the molecule is CNC(=O)COc1cc(C(=N)N)ccc1CNC(=O)C1=CC(Cl)CC(N[S+](C)[O-])=C1. The minimum Gasteiger partial charge on any atom is -0.593 e. The number of likely N-dealkylation sites (N-methyl/N-ethyl adjacent to an activating group) is 1. The van der Waals surface area contributed by atoms with Crippen LogP contribution in [0, 0.1) is 5.41 Å². The van der Waals surface area contributed by atoms with Crippen LogP contribution in [0.4, 0.5) is 0 Å². The largest absolute Gasteiger partial charge is 0.593 e. The van der Waals surface area contributed by atoms with E-state index in [2.05, 4.69) is 15.4 Å². The van der Waals surface area contributed by atoms with Crippen LogP contribution >= 0.6 is 11.6 Å². The molecule has 0 fully saturated rings. The zero-order valence-corrected chi connectivity index (χ0v) is 18.2. The fraction of sp³-hybridized carbons (Fsp3) is 0.316. The van der Waals surface area contributed by atoms with Gasteiger partial charge in [-0.05, 0) is 12.1 Å². The number of hydrogen-bond acceptors (Lipinski definition) is 6. The maximum Gasteiger partial charge on any atom is 0.257 e. The summed E-state index contributed by atoms with van der Waals surface area (Å²) < 4.78 is 19.7. The molecule has 162 valence electrons. The average molecular weight is 454 g/mol. The number of nitrogen functional groups attached to an aromatic ring is 1. The van der Waals surface area contributed by atoms with Gasteiger partial charge in [0.1, 0.15) is 17.8 Å². The number of alkyl halides is 1. The maximum absolute atomic E-state index is 12.6. The number of carbonyl (C=O) groups excluding carboxylic acids is 2. The van der Waals surface area contributed by atoms with Crippen molar-refractivity contribution in [2.75, 3.05) is 19.9 Å². The Morgan fingerprint density at radius 1 is 1.43 bits per heavy atom. The van der Waals surface area contributed by atoms with Gasteiger partial charge in [-0.3, -0.25) is 15.0 Å². The van der Waals surface area contributed by atoms with E-state index in [1.807, 2.05) is 0 Å². The predicted octanol–water partition coefficient (Wildman–Crippen LogP) is 0.416. The normalized spacial score (nSPS) is 16.6. The summed E-state index contributed by atoms with van der Waals surface area (Å²) in [7, 11) is 1.49. The smallest absolute Gasteiger partial charge is 0.257 e. The number of carbonyl (C=O) groups is 2. The Kier molecular flexibility index (Phi) is 8.58. The summed E-state index contributed by atoms with van der Waals surface area (Å²) in [6, 6.07) is 4.84. The molecular weight excluding hydrogens is 430 g/mol. The lowest BCUT2D eigenvalue weighted by molar-refractivity contribution is -0.122. The zero-order valence-electron chi connectivity index (χ0n) is 16.6. The van der Waals surface area contributed by atoms with Gasteiger partial charge in [-0.15, -0.1) is 11.6 Å². The van der Waals surface area contributed by atoms with Gasteiger partial charge < -0.3 is 25.7 Å². The van der Waals surface area contributed by atoms with Crippen LogP contribution in [0.5, 0.6) is 5.75 Å². The third kappa shape index (κ3) is 6.97. The lowest BCUT2D eigenvalue weighted by Gasteiger charge is -2.19. The Morgan fingerprint density at radius 3 is 2.80 bits per heavy atom. The predicted molar refractivity (Wildman–Crippen MR) is 116 cm³/mol. The first-order valence-electron chi connectivity index (χ1n) is 8.95. The topological polar surface area (TPSA) is 152 Å². The standard InChI is InChI=1S/C19H24ClN5O4S/c1-23-17(26)10-29-16-7-11(18(21)22)3-4-12(16)9-24-19(27)13-5-14(20)8-15(6-13)25-30(2)28/h3-7,14,25H,8-10H2,1-2H3,(H3,21,22)(H,23,26)(H,24,27). The van der Waals surface area contributed by atoms with Crippen molar-refractivity contribution in [3.63, 3.8) is 0 Å². The number of ether oxygens (including phenoxy) is 1. The third-order valence-electron chi connectivity index (χ3n) is 4.10. The highest BCUT2D eigenvalue weighted by molar-refractivity contribution is 7.88. The summed E-state index contributed by atoms with van der Waals surface area (Å²) >= 11 is 4.91. The molecule has 30 heavy (non-hydrogen) atoms. The molecule has 1 aliphatic carbocycles. The van der Waals surface area contributed by atoms with Gasteiger partial charge in [0.05, 0.1) is 22.4 Å². The van der Waals surface area contributed by atoms with Crippen LogP contribution in [0.2, 0.25) is 0 Å². The van der Waals surface area contributed by atoms with Crippen molar-refractivity contribution in [3.8, 4) is 5.75 Å². The molecule has 1 aliphatic rings. The van der Waals surface area contributed by atoms with Crippen LogP contribution in [-0.2, 0) is 27.5 Å². The first-order valence-corrected chi connectivity index (χ1v) is 10.9. The lowest BCUT2D eigenvalue weighted by Crippen LogP contribution is -2.29. The average Bonchev–Trinajstić information content (AvgIpc) is 2.69. The molecule has 2 unspecified atom stereocenters. The van der Waals surface area contributed by atoms with Crippen molar-refractivity contribution in [1.29, 1.82) is 5.41 Å². The van der Waals surface area contributed by atoms with Crippen molar-refractivity contribution >= 4 is 40.6 Å². The van der Waals surface area contributed by atoms with Crippen LogP contribution in [0.1, 0.15) is 17.5 Å². The summed E-state index contributed by atoms with van der Waals surface area (Å²) in [5.41, 5.74) is 7.52. The molecule has 1 aromatic rings. The van der Waals surface area contributed by atoms with Gasteiger partial charge in [0.25, 0.3) is 11.8 Å². The quantitative estimate of drug-likeness (QED) is 0.158. The molecule has 11 heteroatoms. The van der Waals surface area contributed by atoms with E-state index in [1.54, 1.807) is 30.4 Å². The van der Waals surface area contributed by atoms with Crippen molar-refractivity contribution in [3.05, 3.63) is 52.7 Å². The van der Waals surface area contributed by atoms with Crippen LogP contribution in [0.25, 0.3) is 0 Å². The number of hydrogen-bond donors (Lipinski definition) is 5. The molecule has 2 atom stereocenters. The summed E-state index contributed by atoms with van der Waals surface area (Å²) in [4.78, 5) is 24.1. The van der Waals surface area contributed by atoms with E-state index in [4.69, 9.17) is 27.5 Å². The van der Waals surface area contributed by atoms with E-state index >= 15 is 0 Å². The lowest BCUT2D eigenvalue weighted by atomic mass is 10.0. The minimum absolute atomic E-state index is 0.112. The molecule has 0 saturated heterocycles. The van der Waals surface area contributed by atoms with E-state index in [-0.39, 0.29) is 30.8 Å². The number of allylic oxidation sites excluding steroid dienone is 2. The second-order valence-electron chi connectivity index (χ2n) is 6.45. The highest BCUT2D eigenvalue weighted by Gasteiger charge is 2.20. The Balaban J connectivity index is 2.13. The van der Waals surface area contributed by atoms with Gasteiger partial charge in [0, 0.05) is 36.7 Å². The first kappa shape index (κ1) is 23.6. The summed E-state index contributed by atoms with van der Waals surface area (Å²) in [5.74, 6) is -0.500. The number of amidine groups is 1. The first-order chi connectivity index (χ1) is 14.2. The van der Waals surface area contributed by atoms with Gasteiger partial charge in [0.2, 0.25) is 0 Å². The van der Waals surface area contributed by atoms with E-state index < -0.39 is 16.7 Å². The van der Waals surface area contributed by atoms with Gasteiger partial charge >= 0.3 is 0 Å². The molecule has 2 amide bonds. The van der Waals surface area contributed by atoms with Gasteiger partial charge in [0.15, 0.2) is 6.61 Å². The molecule has 0 radical (unpaired) electrons. The van der Waals surface area contributed by atoms with Gasteiger partial charge in [-0.25, -0.2) is 4.72 Å². The summed E-state index contributed by atoms with van der Waals surface area (Å²) in [6.07, 6.45) is 5.18. The van der Waals surface area contributed by atoms with Crippen molar-refractivity contribution in [2.45, 2.75) is 18.3 Å². The number of nitrogens with two attached hydrogens (primary N) is 1. The van der Waals surface area contributed by atoms with Crippen LogP contribution < -0.4 is 25.8 Å². The Labute approximate surface area is 182 Å². The van der Waals surface area contributed by atoms with Crippen molar-refractivity contribution < 1.29 is 18.9 Å². The summed E-state index contributed by atoms with van der Waals surface area (Å²) in [6.45, 7) is -0.107. The monoisotopic (exact) mass is 453 g/mol. The maximum atomic E-state index is 12.6. The van der Waals surface area contributed by atoms with Crippen LogP contribution in [0.3, 0.4) is 0 Å². The number of nitrogens with one attached hydrogen (secondary N) is 4. The van der Waals surface area contributed by atoms with E-state index in [0.717, 1.165) is 0 Å². The highest BCUT2D eigenvalue weighted by atomic mass is 35.5. The second kappa shape index (κ2) is 10.9. The number of halogens is 1. The second-order valence-corrected chi connectivity index (χ2v) is 8.12. The number of benzene rings is 1. The Hall–Kier alpha value is -2.69. The molecule has 1 aromatic carbocycles. The molecule has 2 rings (SSSR count). The van der Waals surface area contributed by atoms with E-state index in [1.165, 1.54) is 13.3 Å². The van der Waals surface area contributed by atoms with Crippen LogP contribution in [0.15, 0.2) is 41.6 Å². The Morgan fingerprint density at radius 2 is 2.17 bits per heavy atom. The molecule has 9 nitrogen and oxygen atoms in total. The molecule has 0 saturated carbocycles. The fourth-order valence-corrected chi connectivity index (χ4v) is 3.46. The zero-order chi connectivity index (χ0) is 22.3. The number of amides is 2. The molecule has 6 N–H and O–H groups in total. The molecule has 0 aromatic heterocycles.